The second-order valence-corrected chi connectivity index (χ2v) is 13.0. The second kappa shape index (κ2) is 6.89. The van der Waals surface area contributed by atoms with Crippen LogP contribution in [0.1, 0.15) is 73.1 Å². The third kappa shape index (κ3) is 2.40. The summed E-state index contributed by atoms with van der Waals surface area (Å²) in [4.78, 5) is 25.8. The highest BCUT2D eigenvalue weighted by molar-refractivity contribution is 5.98. The molecule has 4 N–H and O–H groups in total. The molecular formula is C28H38O8. The van der Waals surface area contributed by atoms with Crippen LogP contribution in [-0.2, 0) is 19.1 Å². The number of carbonyl (C=O) groups excluding carboxylic acids is 2. The second-order valence-electron chi connectivity index (χ2n) is 13.0. The summed E-state index contributed by atoms with van der Waals surface area (Å²) in [6.07, 6.45) is 2.84. The number of ketones is 1. The Labute approximate surface area is 211 Å². The summed E-state index contributed by atoms with van der Waals surface area (Å²) in [6, 6.07) is 0. The molecule has 3 saturated carbocycles. The minimum absolute atomic E-state index is 0.0933. The Balaban J connectivity index is 1.39. The lowest BCUT2D eigenvalue weighted by Crippen LogP contribution is -2.73. The molecule has 1 spiro atoms. The number of aliphatic hydroxyl groups excluding tert-OH is 1. The third-order valence-corrected chi connectivity index (χ3v) is 12.1. The van der Waals surface area contributed by atoms with Crippen LogP contribution in [0.4, 0.5) is 0 Å². The molecule has 0 bridgehead atoms. The fourth-order valence-electron chi connectivity index (χ4n) is 9.42. The molecule has 0 aromatic rings. The van der Waals surface area contributed by atoms with Crippen molar-refractivity contribution in [3.63, 3.8) is 0 Å². The standard InChI is InChI=1S/C28H38O8/c1-14-12-20(35-22(31)15(14)2)25(5,32)27(34)11-10-26(33)17-13-21-28(36-21)19(30)7-6-18(29)24(28,4)16(17)8-9-23(26,27)3/h6-7,16-17,19-21,30,32-34H,8-13H2,1-5H3/t16-,17+,19+,20+,21+,23-,24-,25-,26+,27-,28+/m0/s1. The number of allylic oxidation sites excluding steroid dienone is 1. The van der Waals surface area contributed by atoms with Crippen molar-refractivity contribution in [2.24, 2.45) is 22.7 Å². The minimum Gasteiger partial charge on any atom is -0.455 e. The number of ether oxygens (including phenoxy) is 2. The Kier molecular flexibility index (Phi) is 4.73. The van der Waals surface area contributed by atoms with Gasteiger partial charge in [0.1, 0.15) is 29.0 Å². The smallest absolute Gasteiger partial charge is 0.334 e. The lowest BCUT2D eigenvalue weighted by molar-refractivity contribution is -0.283. The van der Waals surface area contributed by atoms with Gasteiger partial charge >= 0.3 is 5.97 Å². The molecule has 2 heterocycles. The fraction of sp³-hybridized carbons (Fsp3) is 0.786. The summed E-state index contributed by atoms with van der Waals surface area (Å²) < 4.78 is 11.7. The van der Waals surface area contributed by atoms with Crippen LogP contribution in [0.2, 0.25) is 0 Å². The summed E-state index contributed by atoms with van der Waals surface area (Å²) >= 11 is 0. The number of esters is 1. The van der Waals surface area contributed by atoms with Gasteiger partial charge in [-0.05, 0) is 83.8 Å². The van der Waals surface area contributed by atoms with E-state index in [1.165, 1.54) is 19.1 Å². The maximum atomic E-state index is 13.3. The van der Waals surface area contributed by atoms with Crippen LogP contribution in [0.5, 0.6) is 0 Å². The van der Waals surface area contributed by atoms with Gasteiger partial charge in [-0.15, -0.1) is 0 Å². The molecule has 4 fully saturated rings. The van der Waals surface area contributed by atoms with Crippen LogP contribution in [0.25, 0.3) is 0 Å². The maximum Gasteiger partial charge on any atom is 0.334 e. The highest BCUT2D eigenvalue weighted by Crippen LogP contribution is 2.75. The normalized spacial score (nSPS) is 55.2. The summed E-state index contributed by atoms with van der Waals surface area (Å²) in [6.45, 7) is 8.73. The van der Waals surface area contributed by atoms with E-state index in [2.05, 4.69) is 0 Å². The SMILES string of the molecule is CC1=C(C)C(=O)O[C@@H]([C@](C)(O)[C@]2(O)CC[C@@]3(O)[C@@H]4C[C@H]5O[C@]56[C@H](O)C=CC(=O)[C@]6(C)[C@H]4CC[C@]23C)C1. The molecule has 0 aromatic carbocycles. The van der Waals surface area contributed by atoms with Crippen molar-refractivity contribution in [3.05, 3.63) is 23.3 Å². The molecule has 0 aromatic heterocycles. The Hall–Kier alpha value is -1.58. The topological polar surface area (TPSA) is 137 Å². The molecule has 6 aliphatic rings. The van der Waals surface area contributed by atoms with E-state index in [0.717, 1.165) is 5.57 Å². The van der Waals surface area contributed by atoms with E-state index in [-0.39, 0.29) is 36.6 Å². The number of epoxide rings is 1. The average Bonchev–Trinajstić information content (AvgIpc) is 3.51. The first-order valence-electron chi connectivity index (χ1n) is 13.2. The number of cyclic esters (lactones) is 1. The van der Waals surface area contributed by atoms with E-state index in [0.29, 0.717) is 31.3 Å². The van der Waals surface area contributed by atoms with Gasteiger partial charge in [0.25, 0.3) is 0 Å². The third-order valence-electron chi connectivity index (χ3n) is 12.1. The molecular weight excluding hydrogens is 464 g/mol. The number of aliphatic hydroxyl groups is 4. The largest absolute Gasteiger partial charge is 0.455 e. The molecule has 2 aliphatic heterocycles. The van der Waals surface area contributed by atoms with Crippen LogP contribution in [0, 0.1) is 22.7 Å². The summed E-state index contributed by atoms with van der Waals surface area (Å²) in [5.74, 6) is -1.19. The number of rotatable bonds is 2. The fourth-order valence-corrected chi connectivity index (χ4v) is 9.42. The van der Waals surface area contributed by atoms with Crippen molar-refractivity contribution >= 4 is 11.8 Å². The first-order chi connectivity index (χ1) is 16.6. The van der Waals surface area contributed by atoms with Crippen LogP contribution in [-0.4, -0.2) is 72.9 Å². The molecule has 36 heavy (non-hydrogen) atoms. The summed E-state index contributed by atoms with van der Waals surface area (Å²) in [5, 5.41) is 47.5. The van der Waals surface area contributed by atoms with Crippen LogP contribution in [0.15, 0.2) is 23.3 Å². The van der Waals surface area contributed by atoms with E-state index < -0.39 is 51.4 Å². The first kappa shape index (κ1) is 24.7. The van der Waals surface area contributed by atoms with Gasteiger partial charge in [0, 0.05) is 17.4 Å². The van der Waals surface area contributed by atoms with Crippen molar-refractivity contribution < 1.29 is 39.5 Å². The summed E-state index contributed by atoms with van der Waals surface area (Å²) in [7, 11) is 0. The van der Waals surface area contributed by atoms with E-state index in [9.17, 15) is 30.0 Å². The zero-order valence-corrected chi connectivity index (χ0v) is 21.7. The van der Waals surface area contributed by atoms with E-state index in [1.807, 2.05) is 20.8 Å². The highest BCUT2D eigenvalue weighted by Gasteiger charge is 2.84. The van der Waals surface area contributed by atoms with E-state index >= 15 is 0 Å². The molecule has 4 aliphatic carbocycles. The Morgan fingerprint density at radius 1 is 1.08 bits per heavy atom. The van der Waals surface area contributed by atoms with Crippen molar-refractivity contribution in [2.45, 2.75) is 114 Å². The highest BCUT2D eigenvalue weighted by atomic mass is 16.6. The molecule has 6 rings (SSSR count). The monoisotopic (exact) mass is 502 g/mol. The predicted octanol–water partition coefficient (Wildman–Crippen LogP) is 1.73. The van der Waals surface area contributed by atoms with Gasteiger partial charge < -0.3 is 29.9 Å². The van der Waals surface area contributed by atoms with Gasteiger partial charge in [0.05, 0.1) is 17.1 Å². The van der Waals surface area contributed by atoms with Gasteiger partial charge in [-0.2, -0.15) is 0 Å². The molecule has 8 heteroatoms. The lowest BCUT2D eigenvalue weighted by Gasteiger charge is -2.63. The van der Waals surface area contributed by atoms with Crippen LogP contribution >= 0.6 is 0 Å². The molecule has 0 amide bonds. The molecule has 8 nitrogen and oxygen atoms in total. The molecule has 11 atom stereocenters. The van der Waals surface area contributed by atoms with Crippen molar-refractivity contribution in [1.82, 2.24) is 0 Å². The van der Waals surface area contributed by atoms with Gasteiger partial charge in [0.2, 0.25) is 0 Å². The predicted molar refractivity (Wildman–Crippen MR) is 127 cm³/mol. The zero-order valence-electron chi connectivity index (χ0n) is 21.7. The molecule has 198 valence electrons. The Morgan fingerprint density at radius 3 is 2.44 bits per heavy atom. The number of hydrogen-bond donors (Lipinski definition) is 4. The van der Waals surface area contributed by atoms with Gasteiger partial charge in [-0.3, -0.25) is 4.79 Å². The van der Waals surface area contributed by atoms with E-state index in [4.69, 9.17) is 9.47 Å². The van der Waals surface area contributed by atoms with Crippen molar-refractivity contribution in [1.29, 1.82) is 0 Å². The van der Waals surface area contributed by atoms with Crippen molar-refractivity contribution in [2.75, 3.05) is 0 Å². The maximum absolute atomic E-state index is 13.3. The van der Waals surface area contributed by atoms with Crippen LogP contribution < -0.4 is 0 Å². The number of carbonyl (C=O) groups is 2. The molecule has 0 radical (unpaired) electrons. The quantitative estimate of drug-likeness (QED) is 0.331. The summed E-state index contributed by atoms with van der Waals surface area (Å²) in [5.41, 5.74) is -6.64. The van der Waals surface area contributed by atoms with Crippen LogP contribution in [0.3, 0.4) is 0 Å². The van der Waals surface area contributed by atoms with Gasteiger partial charge in [-0.25, -0.2) is 4.79 Å². The molecule has 1 saturated heterocycles. The first-order valence-corrected chi connectivity index (χ1v) is 13.2. The minimum atomic E-state index is -1.81. The lowest BCUT2D eigenvalue weighted by atomic mass is 9.42. The number of fused-ring (bicyclic) bond motifs is 4. The van der Waals surface area contributed by atoms with Crippen molar-refractivity contribution in [3.8, 4) is 0 Å². The number of hydrogen-bond acceptors (Lipinski definition) is 8. The average molecular weight is 503 g/mol. The Morgan fingerprint density at radius 2 is 1.78 bits per heavy atom. The van der Waals surface area contributed by atoms with E-state index in [1.54, 1.807) is 6.92 Å². The zero-order chi connectivity index (χ0) is 26.3. The Bertz CT molecular complexity index is 1120. The van der Waals surface area contributed by atoms with Gasteiger partial charge in [0.15, 0.2) is 5.78 Å². The van der Waals surface area contributed by atoms with Gasteiger partial charge in [-0.1, -0.05) is 12.5 Å². The molecule has 0 unspecified atom stereocenters.